The van der Waals surface area contributed by atoms with E-state index < -0.39 is 5.54 Å². The van der Waals surface area contributed by atoms with Gasteiger partial charge < -0.3 is 20.7 Å². The minimum Gasteiger partial charge on any atom is -0.495 e. The maximum Gasteiger partial charge on any atom is 0.225 e. The van der Waals surface area contributed by atoms with Crippen molar-refractivity contribution in [2.24, 2.45) is 11.7 Å². The summed E-state index contributed by atoms with van der Waals surface area (Å²) in [7, 11) is 1.66. The molecule has 1 aromatic carbocycles. The largest absolute Gasteiger partial charge is 0.495 e. The fraction of sp³-hybridized carbons (Fsp3) is 0.632. The van der Waals surface area contributed by atoms with Crippen molar-refractivity contribution >= 4 is 48.0 Å². The van der Waals surface area contributed by atoms with Gasteiger partial charge in [0.25, 0.3) is 0 Å². The number of hydrogen-bond acceptors (Lipinski definition) is 4. The van der Waals surface area contributed by atoms with E-state index in [0.717, 1.165) is 56.6 Å². The van der Waals surface area contributed by atoms with E-state index in [0.29, 0.717) is 5.02 Å². The first-order valence-electron chi connectivity index (χ1n) is 9.08. The number of ether oxygens (including phenoxy) is 1. The number of nitrogens with one attached hydrogen (secondary N) is 1. The summed E-state index contributed by atoms with van der Waals surface area (Å²) < 4.78 is 5.45. The molecule has 1 aliphatic carbocycles. The van der Waals surface area contributed by atoms with E-state index in [2.05, 4.69) is 10.2 Å². The van der Waals surface area contributed by atoms with E-state index in [1.54, 1.807) is 7.11 Å². The molecular weight excluding hydrogens is 409 g/mol. The topological polar surface area (TPSA) is 67.6 Å². The predicted molar refractivity (Wildman–Crippen MR) is 116 cm³/mol. The van der Waals surface area contributed by atoms with Crippen LogP contribution in [0, 0.1) is 5.92 Å². The molecule has 3 unspecified atom stereocenters. The van der Waals surface area contributed by atoms with Crippen molar-refractivity contribution in [1.82, 2.24) is 5.32 Å². The molecule has 1 aliphatic heterocycles. The number of benzene rings is 1. The van der Waals surface area contributed by atoms with Crippen LogP contribution in [0.3, 0.4) is 0 Å². The van der Waals surface area contributed by atoms with Gasteiger partial charge in [-0.05, 0) is 44.4 Å². The lowest BCUT2D eigenvalue weighted by atomic mass is 9.74. The van der Waals surface area contributed by atoms with Crippen molar-refractivity contribution in [3.63, 3.8) is 0 Å². The average molecular weight is 439 g/mol. The Balaban J connectivity index is 0.00000182. The first kappa shape index (κ1) is 24.2. The van der Waals surface area contributed by atoms with Crippen LogP contribution in [0.2, 0.25) is 5.02 Å². The second-order valence-corrected chi connectivity index (χ2v) is 8.00. The van der Waals surface area contributed by atoms with Crippen molar-refractivity contribution in [2.45, 2.75) is 50.6 Å². The number of carbonyl (C=O) groups excluding carboxylic acids is 1. The van der Waals surface area contributed by atoms with Gasteiger partial charge in [-0.3, -0.25) is 4.79 Å². The second-order valence-electron chi connectivity index (χ2n) is 7.56. The highest BCUT2D eigenvalue weighted by Crippen LogP contribution is 2.34. The molecule has 8 heteroatoms. The van der Waals surface area contributed by atoms with E-state index in [1.807, 2.05) is 25.1 Å². The standard InChI is InChI=1S/C19H28ClN3O2.2ClH/c1-19(21)9-4-3-5-15(19)18(24)22-14-8-10-23(12-14)16-11-13(20)6-7-17(16)25-2;;/h6-7,11,14-15H,3-5,8-10,12,21H2,1-2H3,(H,22,24);2*1H. The maximum absolute atomic E-state index is 12.7. The lowest BCUT2D eigenvalue weighted by molar-refractivity contribution is -0.128. The van der Waals surface area contributed by atoms with Crippen LogP contribution in [0.5, 0.6) is 5.75 Å². The zero-order valence-electron chi connectivity index (χ0n) is 15.9. The van der Waals surface area contributed by atoms with E-state index in [-0.39, 0.29) is 42.7 Å². The van der Waals surface area contributed by atoms with Crippen LogP contribution in [-0.2, 0) is 4.79 Å². The molecule has 1 saturated heterocycles. The van der Waals surface area contributed by atoms with Gasteiger partial charge in [-0.25, -0.2) is 0 Å². The normalized spacial score (nSPS) is 27.3. The van der Waals surface area contributed by atoms with Gasteiger partial charge in [-0.1, -0.05) is 24.4 Å². The number of nitrogens with zero attached hydrogens (tertiary/aromatic N) is 1. The number of hydrogen-bond donors (Lipinski definition) is 2. The maximum atomic E-state index is 12.7. The molecule has 3 atom stereocenters. The summed E-state index contributed by atoms with van der Waals surface area (Å²) in [6, 6.07) is 5.76. The fourth-order valence-corrected chi connectivity index (χ4v) is 4.26. The number of rotatable bonds is 4. The summed E-state index contributed by atoms with van der Waals surface area (Å²) in [5, 5.41) is 3.91. The molecule has 1 saturated carbocycles. The van der Waals surface area contributed by atoms with Crippen molar-refractivity contribution in [2.75, 3.05) is 25.1 Å². The number of methoxy groups -OCH3 is 1. The summed E-state index contributed by atoms with van der Waals surface area (Å²) in [5.41, 5.74) is 6.96. The predicted octanol–water partition coefficient (Wildman–Crippen LogP) is 3.79. The molecule has 0 radical (unpaired) electrons. The summed E-state index contributed by atoms with van der Waals surface area (Å²) in [4.78, 5) is 15.0. The molecule has 2 aliphatic rings. The molecule has 1 heterocycles. The Labute approximate surface area is 179 Å². The molecule has 5 nitrogen and oxygen atoms in total. The Morgan fingerprint density at radius 3 is 2.74 bits per heavy atom. The summed E-state index contributed by atoms with van der Waals surface area (Å²) in [6.07, 6.45) is 4.91. The van der Waals surface area contributed by atoms with Gasteiger partial charge in [0.2, 0.25) is 5.91 Å². The van der Waals surface area contributed by atoms with Gasteiger partial charge in [-0.15, -0.1) is 24.8 Å². The lowest BCUT2D eigenvalue weighted by Gasteiger charge is -2.37. The number of anilines is 1. The van der Waals surface area contributed by atoms with Crippen LogP contribution in [0.15, 0.2) is 18.2 Å². The quantitative estimate of drug-likeness (QED) is 0.750. The molecule has 1 amide bonds. The highest BCUT2D eigenvalue weighted by Gasteiger charge is 2.39. The van der Waals surface area contributed by atoms with Crippen LogP contribution in [-0.4, -0.2) is 37.7 Å². The molecule has 0 aromatic heterocycles. The van der Waals surface area contributed by atoms with Crippen LogP contribution in [0.1, 0.15) is 39.0 Å². The molecule has 3 N–H and O–H groups in total. The lowest BCUT2D eigenvalue weighted by Crippen LogP contribution is -2.54. The molecule has 2 fully saturated rings. The highest BCUT2D eigenvalue weighted by molar-refractivity contribution is 6.30. The van der Waals surface area contributed by atoms with Gasteiger partial charge in [0, 0.05) is 29.7 Å². The first-order chi connectivity index (χ1) is 11.9. The summed E-state index contributed by atoms with van der Waals surface area (Å²) in [5.74, 6) is 0.823. The number of halogens is 3. The Morgan fingerprint density at radius 2 is 2.07 bits per heavy atom. The Hall–Kier alpha value is -0.880. The Morgan fingerprint density at radius 1 is 1.33 bits per heavy atom. The molecule has 154 valence electrons. The summed E-state index contributed by atoms with van der Waals surface area (Å²) in [6.45, 7) is 3.64. The van der Waals surface area contributed by atoms with Gasteiger partial charge in [0.1, 0.15) is 5.75 Å². The third-order valence-corrected chi connectivity index (χ3v) is 5.82. The highest BCUT2D eigenvalue weighted by atomic mass is 35.5. The third-order valence-electron chi connectivity index (χ3n) is 5.59. The van der Waals surface area contributed by atoms with E-state index in [1.165, 1.54) is 0 Å². The van der Waals surface area contributed by atoms with Crippen molar-refractivity contribution in [3.8, 4) is 5.75 Å². The van der Waals surface area contributed by atoms with Gasteiger partial charge in [0.15, 0.2) is 0 Å². The zero-order valence-corrected chi connectivity index (χ0v) is 18.3. The smallest absolute Gasteiger partial charge is 0.225 e. The molecule has 1 aromatic rings. The van der Waals surface area contributed by atoms with E-state index >= 15 is 0 Å². The van der Waals surface area contributed by atoms with Gasteiger partial charge >= 0.3 is 0 Å². The number of nitrogens with two attached hydrogens (primary N) is 1. The SMILES string of the molecule is COc1ccc(Cl)cc1N1CCC(NC(=O)C2CCCCC2(C)N)C1.Cl.Cl. The molecule has 0 bridgehead atoms. The molecule has 27 heavy (non-hydrogen) atoms. The second kappa shape index (κ2) is 10.1. The zero-order chi connectivity index (χ0) is 18.0. The summed E-state index contributed by atoms with van der Waals surface area (Å²) >= 11 is 6.14. The molecular formula is C19H30Cl3N3O2. The molecule has 3 rings (SSSR count). The van der Waals surface area contributed by atoms with Crippen molar-refractivity contribution in [3.05, 3.63) is 23.2 Å². The van der Waals surface area contributed by atoms with Crippen LogP contribution < -0.4 is 20.7 Å². The fourth-order valence-electron chi connectivity index (χ4n) is 4.10. The van der Waals surface area contributed by atoms with Gasteiger partial charge in [0.05, 0.1) is 18.7 Å². The minimum atomic E-state index is -0.392. The van der Waals surface area contributed by atoms with Crippen LogP contribution in [0.25, 0.3) is 0 Å². The van der Waals surface area contributed by atoms with Gasteiger partial charge in [-0.2, -0.15) is 0 Å². The van der Waals surface area contributed by atoms with Crippen molar-refractivity contribution < 1.29 is 9.53 Å². The van der Waals surface area contributed by atoms with E-state index in [9.17, 15) is 4.79 Å². The minimum absolute atomic E-state index is 0. The van der Waals surface area contributed by atoms with E-state index in [4.69, 9.17) is 22.1 Å². The van der Waals surface area contributed by atoms with Crippen LogP contribution in [0.4, 0.5) is 5.69 Å². The Kier molecular flexibility index (Phi) is 9.00. The first-order valence-corrected chi connectivity index (χ1v) is 9.46. The number of carbonyl (C=O) groups is 1. The molecule has 0 spiro atoms. The monoisotopic (exact) mass is 437 g/mol. The third kappa shape index (κ3) is 5.57. The van der Waals surface area contributed by atoms with Crippen molar-refractivity contribution in [1.29, 1.82) is 0 Å². The number of amides is 1. The Bertz CT molecular complexity index is 643. The van der Waals surface area contributed by atoms with Crippen LogP contribution >= 0.6 is 36.4 Å². The average Bonchev–Trinajstić information content (AvgIpc) is 3.02.